The molecule has 0 spiro atoms. The first kappa shape index (κ1) is 26.2. The molecule has 2 amide bonds. The predicted octanol–water partition coefficient (Wildman–Crippen LogP) is 5.86. The van der Waals surface area contributed by atoms with Gasteiger partial charge in [-0.2, -0.15) is 0 Å². The monoisotopic (exact) mass is 501 g/mol. The summed E-state index contributed by atoms with van der Waals surface area (Å²) < 4.78 is 38.8. The SMILES string of the molecule is CC(C)Oc1ccc([C@@]23CC[C@@H](NC(=O)Nc4ccc(F)c(F)c4)C[C@@H]2N(C)CC3)cc1OC(C)C. The van der Waals surface area contributed by atoms with Crippen LogP contribution in [0.1, 0.15) is 58.9 Å². The fraction of sp³-hybridized carbons (Fsp3) is 0.536. The number of rotatable bonds is 7. The minimum atomic E-state index is -0.992. The van der Waals surface area contributed by atoms with Crippen molar-refractivity contribution < 1.29 is 23.0 Å². The number of benzene rings is 2. The highest BCUT2D eigenvalue weighted by molar-refractivity contribution is 5.89. The van der Waals surface area contributed by atoms with E-state index in [0.717, 1.165) is 55.9 Å². The van der Waals surface area contributed by atoms with Crippen molar-refractivity contribution >= 4 is 11.7 Å². The summed E-state index contributed by atoms with van der Waals surface area (Å²) in [5, 5.41) is 5.65. The van der Waals surface area contributed by atoms with Crippen molar-refractivity contribution in [3.8, 4) is 11.5 Å². The van der Waals surface area contributed by atoms with E-state index in [9.17, 15) is 13.6 Å². The maximum absolute atomic E-state index is 13.5. The lowest BCUT2D eigenvalue weighted by Crippen LogP contribution is -2.52. The van der Waals surface area contributed by atoms with Gasteiger partial charge in [-0.25, -0.2) is 13.6 Å². The molecule has 2 aliphatic rings. The highest BCUT2D eigenvalue weighted by Gasteiger charge is 2.50. The number of ether oxygens (including phenoxy) is 2. The molecule has 2 N–H and O–H groups in total. The number of hydrogen-bond acceptors (Lipinski definition) is 4. The minimum absolute atomic E-state index is 0.0242. The normalized spacial score (nSPS) is 24.0. The van der Waals surface area contributed by atoms with Crippen molar-refractivity contribution in [2.45, 2.75) is 83.1 Å². The van der Waals surface area contributed by atoms with Gasteiger partial charge in [0, 0.05) is 29.3 Å². The third-order valence-corrected chi connectivity index (χ3v) is 7.28. The zero-order valence-corrected chi connectivity index (χ0v) is 21.7. The summed E-state index contributed by atoms with van der Waals surface area (Å²) in [4.78, 5) is 15.0. The lowest BCUT2D eigenvalue weighted by atomic mass is 9.65. The molecule has 1 saturated heterocycles. The number of hydrogen-bond donors (Lipinski definition) is 2. The first-order chi connectivity index (χ1) is 17.1. The summed E-state index contributed by atoms with van der Waals surface area (Å²) in [6.45, 7) is 9.01. The maximum atomic E-state index is 13.5. The largest absolute Gasteiger partial charge is 0.487 e. The van der Waals surface area contributed by atoms with Crippen LogP contribution in [0.3, 0.4) is 0 Å². The van der Waals surface area contributed by atoms with Crippen LogP contribution in [0.25, 0.3) is 0 Å². The van der Waals surface area contributed by atoms with Gasteiger partial charge in [0.25, 0.3) is 0 Å². The van der Waals surface area contributed by atoms with Gasteiger partial charge in [-0.1, -0.05) is 6.07 Å². The van der Waals surface area contributed by atoms with Crippen LogP contribution in [0.2, 0.25) is 0 Å². The summed E-state index contributed by atoms with van der Waals surface area (Å²) >= 11 is 0. The zero-order valence-electron chi connectivity index (χ0n) is 21.7. The molecule has 196 valence electrons. The van der Waals surface area contributed by atoms with E-state index in [1.165, 1.54) is 11.6 Å². The first-order valence-electron chi connectivity index (χ1n) is 12.8. The number of amides is 2. The van der Waals surface area contributed by atoms with Crippen molar-refractivity contribution in [1.82, 2.24) is 10.2 Å². The zero-order chi connectivity index (χ0) is 26.0. The number of likely N-dealkylation sites (tertiary alicyclic amines) is 1. The van der Waals surface area contributed by atoms with E-state index in [2.05, 4.69) is 34.7 Å². The Balaban J connectivity index is 1.50. The smallest absolute Gasteiger partial charge is 0.319 e. The molecule has 0 aromatic heterocycles. The number of urea groups is 1. The molecule has 1 saturated carbocycles. The number of anilines is 1. The van der Waals surface area contributed by atoms with Gasteiger partial charge < -0.3 is 25.0 Å². The topological polar surface area (TPSA) is 62.8 Å². The summed E-state index contributed by atoms with van der Waals surface area (Å²) in [7, 11) is 2.14. The molecule has 2 fully saturated rings. The lowest BCUT2D eigenvalue weighted by molar-refractivity contribution is 0.155. The Labute approximate surface area is 212 Å². The minimum Gasteiger partial charge on any atom is -0.487 e. The van der Waals surface area contributed by atoms with Gasteiger partial charge in [0.1, 0.15) is 0 Å². The van der Waals surface area contributed by atoms with E-state index < -0.39 is 17.7 Å². The van der Waals surface area contributed by atoms with Gasteiger partial charge in [-0.3, -0.25) is 0 Å². The van der Waals surface area contributed by atoms with E-state index in [0.29, 0.717) is 0 Å². The van der Waals surface area contributed by atoms with Crippen molar-refractivity contribution in [1.29, 1.82) is 0 Å². The Hall–Kier alpha value is -2.87. The number of carbonyl (C=O) groups excluding carboxylic acids is 1. The Morgan fingerprint density at radius 2 is 1.72 bits per heavy atom. The summed E-state index contributed by atoms with van der Waals surface area (Å²) in [5.74, 6) is -0.413. The Morgan fingerprint density at radius 1 is 1.00 bits per heavy atom. The predicted molar refractivity (Wildman–Crippen MR) is 137 cm³/mol. The second kappa shape index (κ2) is 10.6. The van der Waals surface area contributed by atoms with Crippen LogP contribution in [0.5, 0.6) is 11.5 Å². The lowest BCUT2D eigenvalue weighted by Gasteiger charge is -2.45. The van der Waals surface area contributed by atoms with E-state index in [-0.39, 0.29) is 35.4 Å². The molecule has 0 bridgehead atoms. The Morgan fingerprint density at radius 3 is 2.42 bits per heavy atom. The van der Waals surface area contributed by atoms with Crippen LogP contribution in [-0.4, -0.2) is 48.8 Å². The molecular formula is C28H37F2N3O3. The molecule has 2 aromatic rings. The van der Waals surface area contributed by atoms with Crippen molar-refractivity contribution in [2.24, 2.45) is 0 Å². The van der Waals surface area contributed by atoms with Crippen molar-refractivity contribution in [3.63, 3.8) is 0 Å². The van der Waals surface area contributed by atoms with Crippen LogP contribution in [0.4, 0.5) is 19.3 Å². The summed E-state index contributed by atoms with van der Waals surface area (Å²) in [5.41, 5.74) is 1.43. The summed E-state index contributed by atoms with van der Waals surface area (Å²) in [6, 6.07) is 9.48. The van der Waals surface area contributed by atoms with Crippen LogP contribution in [0, 0.1) is 11.6 Å². The molecule has 0 radical (unpaired) electrons. The van der Waals surface area contributed by atoms with Crippen molar-refractivity contribution in [2.75, 3.05) is 18.9 Å². The first-order valence-corrected chi connectivity index (χ1v) is 12.8. The average Bonchev–Trinajstić information content (AvgIpc) is 3.14. The highest BCUT2D eigenvalue weighted by atomic mass is 19.2. The maximum Gasteiger partial charge on any atom is 0.319 e. The quantitative estimate of drug-likeness (QED) is 0.499. The number of halogens is 2. The second-order valence-corrected chi connectivity index (χ2v) is 10.6. The van der Waals surface area contributed by atoms with Gasteiger partial charge in [0.05, 0.1) is 12.2 Å². The van der Waals surface area contributed by atoms with Gasteiger partial charge in [0.2, 0.25) is 0 Å². The molecule has 1 aliphatic heterocycles. The van der Waals surface area contributed by atoms with Crippen LogP contribution in [0.15, 0.2) is 36.4 Å². The van der Waals surface area contributed by atoms with Gasteiger partial charge in [-0.05, 0) is 96.8 Å². The molecule has 6 nitrogen and oxygen atoms in total. The molecule has 3 atom stereocenters. The number of carbonyl (C=O) groups is 1. The molecule has 4 rings (SSSR count). The van der Waals surface area contributed by atoms with Gasteiger partial charge in [-0.15, -0.1) is 0 Å². The van der Waals surface area contributed by atoms with Gasteiger partial charge >= 0.3 is 6.03 Å². The highest BCUT2D eigenvalue weighted by Crippen LogP contribution is 2.50. The van der Waals surface area contributed by atoms with Crippen LogP contribution < -0.4 is 20.1 Å². The number of nitrogens with zero attached hydrogens (tertiary/aromatic N) is 1. The van der Waals surface area contributed by atoms with Gasteiger partial charge in [0.15, 0.2) is 23.1 Å². The molecule has 1 heterocycles. The third-order valence-electron chi connectivity index (χ3n) is 7.28. The summed E-state index contributed by atoms with van der Waals surface area (Å²) in [6.07, 6.45) is 3.65. The molecular weight excluding hydrogens is 464 g/mol. The van der Waals surface area contributed by atoms with Crippen LogP contribution >= 0.6 is 0 Å². The van der Waals surface area contributed by atoms with Crippen molar-refractivity contribution in [3.05, 3.63) is 53.6 Å². The molecule has 0 unspecified atom stereocenters. The van der Waals surface area contributed by atoms with E-state index in [1.807, 2.05) is 33.8 Å². The molecule has 2 aromatic carbocycles. The average molecular weight is 502 g/mol. The Bertz CT molecular complexity index is 1090. The number of likely N-dealkylation sites (N-methyl/N-ethyl adjacent to an activating group) is 1. The Kier molecular flexibility index (Phi) is 7.73. The number of nitrogens with one attached hydrogen (secondary N) is 2. The van der Waals surface area contributed by atoms with E-state index in [4.69, 9.17) is 9.47 Å². The third kappa shape index (κ3) is 5.59. The molecule has 36 heavy (non-hydrogen) atoms. The fourth-order valence-electron chi connectivity index (χ4n) is 5.69. The van der Waals surface area contributed by atoms with E-state index in [1.54, 1.807) is 0 Å². The van der Waals surface area contributed by atoms with E-state index >= 15 is 0 Å². The molecule has 1 aliphatic carbocycles. The number of fused-ring (bicyclic) bond motifs is 1. The standard InChI is InChI=1S/C28H37F2N3O3/c1-17(2)35-24-9-6-19(14-25(24)36-18(3)4)28-11-10-21(16-26(28)33(5)13-12-28)32-27(34)31-20-7-8-22(29)23(30)15-20/h6-9,14-15,17-18,21,26H,10-13,16H2,1-5H3,(H2,31,32,34)/t21-,26+,28+/m1/s1. The fourth-order valence-corrected chi connectivity index (χ4v) is 5.69. The second-order valence-electron chi connectivity index (χ2n) is 10.6. The molecule has 8 heteroatoms. The van der Waals surface area contributed by atoms with Crippen LogP contribution in [-0.2, 0) is 5.41 Å².